The van der Waals surface area contributed by atoms with Crippen molar-refractivity contribution in [1.82, 2.24) is 10.2 Å². The maximum Gasteiger partial charge on any atom is 0.169 e. The van der Waals surface area contributed by atoms with E-state index in [9.17, 15) is 0 Å². The minimum Gasteiger partial charge on any atom is -0.495 e. The fourth-order valence-electron chi connectivity index (χ4n) is 2.39. The van der Waals surface area contributed by atoms with Crippen molar-refractivity contribution in [3.8, 4) is 5.75 Å². The Morgan fingerprint density at radius 3 is 2.60 bits per heavy atom. The second-order valence-electron chi connectivity index (χ2n) is 4.88. The zero-order chi connectivity index (χ0) is 14.4. The van der Waals surface area contributed by atoms with E-state index in [2.05, 4.69) is 34.2 Å². The summed E-state index contributed by atoms with van der Waals surface area (Å²) in [6, 6.07) is 8.18. The standard InChI is InChI=1S/C15H23N3OS/c1-3-8-16-15(20)18-11-9-17(10-12-18)13-6-4-5-7-14(13)19-2/h4-7H,3,8-12H2,1-2H3,(H,16,20). The Hall–Kier alpha value is -1.49. The van der Waals surface area contributed by atoms with E-state index in [1.807, 2.05) is 12.1 Å². The van der Waals surface area contributed by atoms with Gasteiger partial charge in [0, 0.05) is 32.7 Å². The van der Waals surface area contributed by atoms with Crippen molar-refractivity contribution >= 4 is 23.0 Å². The molecular weight excluding hydrogens is 270 g/mol. The van der Waals surface area contributed by atoms with Gasteiger partial charge in [0.05, 0.1) is 12.8 Å². The molecule has 1 fully saturated rings. The van der Waals surface area contributed by atoms with Crippen LogP contribution in [0.25, 0.3) is 0 Å². The van der Waals surface area contributed by atoms with E-state index in [0.717, 1.165) is 50.0 Å². The summed E-state index contributed by atoms with van der Waals surface area (Å²) in [6.45, 7) is 6.94. The first-order valence-electron chi connectivity index (χ1n) is 7.17. The number of hydrogen-bond acceptors (Lipinski definition) is 3. The number of nitrogens with one attached hydrogen (secondary N) is 1. The molecule has 20 heavy (non-hydrogen) atoms. The molecule has 0 aromatic heterocycles. The number of anilines is 1. The first kappa shape index (κ1) is 14.9. The highest BCUT2D eigenvalue weighted by molar-refractivity contribution is 7.80. The lowest BCUT2D eigenvalue weighted by molar-refractivity contribution is 0.373. The summed E-state index contributed by atoms with van der Waals surface area (Å²) in [7, 11) is 1.72. The van der Waals surface area contributed by atoms with Gasteiger partial charge in [0.15, 0.2) is 5.11 Å². The number of piperazine rings is 1. The number of hydrogen-bond donors (Lipinski definition) is 1. The Morgan fingerprint density at radius 1 is 1.25 bits per heavy atom. The van der Waals surface area contributed by atoms with Crippen LogP contribution >= 0.6 is 12.2 Å². The number of benzene rings is 1. The monoisotopic (exact) mass is 293 g/mol. The van der Waals surface area contributed by atoms with Gasteiger partial charge in [-0.2, -0.15) is 0 Å². The normalized spacial score (nSPS) is 15.1. The van der Waals surface area contributed by atoms with E-state index in [4.69, 9.17) is 17.0 Å². The maximum absolute atomic E-state index is 5.43. The Labute approximate surface area is 126 Å². The van der Waals surface area contributed by atoms with Crippen molar-refractivity contribution in [3.63, 3.8) is 0 Å². The van der Waals surface area contributed by atoms with Gasteiger partial charge in [0.1, 0.15) is 5.75 Å². The van der Waals surface area contributed by atoms with Crippen LogP contribution in [0.1, 0.15) is 13.3 Å². The molecule has 1 aromatic carbocycles. The van der Waals surface area contributed by atoms with Crippen LogP contribution in [0.15, 0.2) is 24.3 Å². The first-order valence-corrected chi connectivity index (χ1v) is 7.57. The number of para-hydroxylation sites is 2. The average Bonchev–Trinajstić information content (AvgIpc) is 2.52. The fraction of sp³-hybridized carbons (Fsp3) is 0.533. The average molecular weight is 293 g/mol. The minimum absolute atomic E-state index is 0.881. The summed E-state index contributed by atoms with van der Waals surface area (Å²) in [6.07, 6.45) is 1.10. The lowest BCUT2D eigenvalue weighted by Gasteiger charge is -2.37. The molecule has 110 valence electrons. The van der Waals surface area contributed by atoms with E-state index < -0.39 is 0 Å². The Balaban J connectivity index is 1.92. The van der Waals surface area contributed by atoms with Gasteiger partial charge in [0.2, 0.25) is 0 Å². The molecule has 5 heteroatoms. The van der Waals surface area contributed by atoms with Crippen molar-refractivity contribution in [2.24, 2.45) is 0 Å². The molecule has 0 spiro atoms. The van der Waals surface area contributed by atoms with Crippen LogP contribution in [0.5, 0.6) is 5.75 Å². The van der Waals surface area contributed by atoms with Crippen molar-refractivity contribution < 1.29 is 4.74 Å². The van der Waals surface area contributed by atoms with Crippen LogP contribution in [0.3, 0.4) is 0 Å². The van der Waals surface area contributed by atoms with Crippen LogP contribution in [0, 0.1) is 0 Å². The molecule has 0 amide bonds. The van der Waals surface area contributed by atoms with Crippen LogP contribution in [-0.4, -0.2) is 49.8 Å². The lowest BCUT2D eigenvalue weighted by Crippen LogP contribution is -2.51. The molecule has 1 aliphatic heterocycles. The highest BCUT2D eigenvalue weighted by Gasteiger charge is 2.20. The molecule has 0 bridgehead atoms. The molecule has 1 saturated heterocycles. The summed E-state index contributed by atoms with van der Waals surface area (Å²) >= 11 is 5.41. The number of methoxy groups -OCH3 is 1. The topological polar surface area (TPSA) is 27.7 Å². The van der Waals surface area contributed by atoms with Crippen molar-refractivity contribution in [2.45, 2.75) is 13.3 Å². The Kier molecular flexibility index (Phi) is 5.47. The highest BCUT2D eigenvalue weighted by atomic mass is 32.1. The van der Waals surface area contributed by atoms with Gasteiger partial charge in [-0.1, -0.05) is 19.1 Å². The van der Waals surface area contributed by atoms with E-state index in [1.165, 1.54) is 5.69 Å². The summed E-state index contributed by atoms with van der Waals surface area (Å²) < 4.78 is 5.43. The van der Waals surface area contributed by atoms with Gasteiger partial charge in [-0.25, -0.2) is 0 Å². The molecule has 0 aliphatic carbocycles. The third-order valence-electron chi connectivity index (χ3n) is 3.52. The third kappa shape index (κ3) is 3.54. The van der Waals surface area contributed by atoms with Crippen molar-refractivity contribution in [2.75, 3.05) is 44.7 Å². The molecule has 1 aliphatic rings. The smallest absolute Gasteiger partial charge is 0.169 e. The summed E-state index contributed by atoms with van der Waals surface area (Å²) in [5, 5.41) is 4.17. The highest BCUT2D eigenvalue weighted by Crippen LogP contribution is 2.28. The van der Waals surface area contributed by atoms with Gasteiger partial charge < -0.3 is 19.9 Å². The molecule has 4 nitrogen and oxygen atoms in total. The molecule has 0 atom stereocenters. The number of rotatable bonds is 4. The van der Waals surface area contributed by atoms with Crippen LogP contribution in [0.2, 0.25) is 0 Å². The largest absolute Gasteiger partial charge is 0.495 e. The van der Waals surface area contributed by atoms with E-state index in [0.29, 0.717) is 0 Å². The van der Waals surface area contributed by atoms with Crippen molar-refractivity contribution in [3.05, 3.63) is 24.3 Å². The molecule has 0 radical (unpaired) electrons. The molecule has 2 rings (SSSR count). The van der Waals surface area contributed by atoms with Gasteiger partial charge in [0.25, 0.3) is 0 Å². The molecule has 1 N–H and O–H groups in total. The third-order valence-corrected chi connectivity index (χ3v) is 3.92. The SMILES string of the molecule is CCCNC(=S)N1CCN(c2ccccc2OC)CC1. The molecule has 1 heterocycles. The Bertz CT molecular complexity index is 444. The Morgan fingerprint density at radius 2 is 1.95 bits per heavy atom. The number of nitrogens with zero attached hydrogens (tertiary/aromatic N) is 2. The second kappa shape index (κ2) is 7.33. The maximum atomic E-state index is 5.43. The number of ether oxygens (including phenoxy) is 1. The van der Waals surface area contributed by atoms with Crippen molar-refractivity contribution in [1.29, 1.82) is 0 Å². The lowest BCUT2D eigenvalue weighted by atomic mass is 10.2. The molecule has 1 aromatic rings. The molecular formula is C15H23N3OS. The van der Waals surface area contributed by atoms with Gasteiger partial charge in [-0.15, -0.1) is 0 Å². The fourth-order valence-corrected chi connectivity index (χ4v) is 2.67. The van der Waals surface area contributed by atoms with Crippen LogP contribution in [0.4, 0.5) is 5.69 Å². The number of thiocarbonyl (C=S) groups is 1. The van der Waals surface area contributed by atoms with E-state index >= 15 is 0 Å². The van der Waals surface area contributed by atoms with Gasteiger partial charge in [-0.3, -0.25) is 0 Å². The first-order chi connectivity index (χ1) is 9.76. The minimum atomic E-state index is 0.881. The molecule has 0 unspecified atom stereocenters. The molecule has 0 saturated carbocycles. The predicted molar refractivity (Wildman–Crippen MR) is 87.7 cm³/mol. The quantitative estimate of drug-likeness (QED) is 0.858. The zero-order valence-electron chi connectivity index (χ0n) is 12.3. The predicted octanol–water partition coefficient (Wildman–Crippen LogP) is 2.10. The summed E-state index contributed by atoms with van der Waals surface area (Å²) in [5.41, 5.74) is 1.17. The van der Waals surface area contributed by atoms with E-state index in [-0.39, 0.29) is 0 Å². The summed E-state index contributed by atoms with van der Waals surface area (Å²) in [4.78, 5) is 4.61. The van der Waals surface area contributed by atoms with Gasteiger partial charge >= 0.3 is 0 Å². The zero-order valence-corrected chi connectivity index (χ0v) is 13.1. The second-order valence-corrected chi connectivity index (χ2v) is 5.26. The van der Waals surface area contributed by atoms with Gasteiger partial charge in [-0.05, 0) is 30.8 Å². The summed E-state index contributed by atoms with van der Waals surface area (Å²) in [5.74, 6) is 0.938. The van der Waals surface area contributed by atoms with E-state index in [1.54, 1.807) is 7.11 Å². The van der Waals surface area contributed by atoms with Crippen LogP contribution < -0.4 is 15.0 Å². The van der Waals surface area contributed by atoms with Crippen LogP contribution in [-0.2, 0) is 0 Å².